The summed E-state index contributed by atoms with van der Waals surface area (Å²) in [5, 5.41) is 4.62. The molecule has 0 aromatic carbocycles. The maximum absolute atomic E-state index is 12.8. The number of hydrogen-bond acceptors (Lipinski definition) is 7. The van der Waals surface area contributed by atoms with Crippen LogP contribution in [0.1, 0.15) is 23.9 Å². The second kappa shape index (κ2) is 7.37. The number of nitrogens with zero attached hydrogens (tertiary/aromatic N) is 5. The Labute approximate surface area is 171 Å². The Morgan fingerprint density at radius 2 is 1.86 bits per heavy atom. The first kappa shape index (κ1) is 20.3. The number of pyridine rings is 1. The van der Waals surface area contributed by atoms with Gasteiger partial charge in [-0.3, -0.25) is 9.67 Å². The Morgan fingerprint density at radius 3 is 2.45 bits per heavy atom. The highest BCUT2D eigenvalue weighted by atomic mass is 32.2. The van der Waals surface area contributed by atoms with Gasteiger partial charge in [-0.2, -0.15) is 9.40 Å². The highest BCUT2D eigenvalue weighted by molar-refractivity contribution is 7.91. The Bertz CT molecular complexity index is 1100. The monoisotopic (exact) mass is 439 g/mol. The van der Waals surface area contributed by atoms with E-state index in [0.717, 1.165) is 17.1 Å². The first-order valence-corrected chi connectivity index (χ1v) is 12.9. The van der Waals surface area contributed by atoms with E-state index in [1.165, 1.54) is 10.5 Å². The van der Waals surface area contributed by atoms with Crippen molar-refractivity contribution < 1.29 is 16.8 Å². The summed E-state index contributed by atoms with van der Waals surface area (Å²) in [5.74, 6) is 0.335. The molecule has 2 saturated heterocycles. The molecule has 11 heteroatoms. The van der Waals surface area contributed by atoms with E-state index in [-0.39, 0.29) is 22.4 Å². The largest absolute Gasteiger partial charge is 0.366 e. The molecule has 4 rings (SSSR count). The van der Waals surface area contributed by atoms with Crippen molar-refractivity contribution in [3.05, 3.63) is 35.9 Å². The molecule has 2 aromatic rings. The van der Waals surface area contributed by atoms with Crippen LogP contribution in [-0.4, -0.2) is 73.6 Å². The maximum Gasteiger partial charge on any atom is 0.244 e. The fourth-order valence-electron chi connectivity index (χ4n) is 4.24. The van der Waals surface area contributed by atoms with Crippen LogP contribution in [0.5, 0.6) is 0 Å². The van der Waals surface area contributed by atoms with E-state index in [1.54, 1.807) is 18.3 Å². The molecule has 0 amide bonds. The standard InChI is InChI=1S/C18H25N5O4S2/c1-14-18(15(2)23(20-14)16-5-11-28(24,25)13-16)21-7-9-22(10-8-21)29(26,27)17-4-3-6-19-12-17/h3-4,6,12,16H,5,7-11,13H2,1-2H3. The molecule has 1 atom stereocenters. The van der Waals surface area contributed by atoms with Gasteiger partial charge < -0.3 is 4.90 Å². The Hall–Kier alpha value is -1.98. The van der Waals surface area contributed by atoms with Gasteiger partial charge in [0.05, 0.1) is 34.6 Å². The molecule has 9 nitrogen and oxygen atoms in total. The Morgan fingerprint density at radius 1 is 1.14 bits per heavy atom. The number of aromatic nitrogens is 3. The smallest absolute Gasteiger partial charge is 0.244 e. The van der Waals surface area contributed by atoms with Crippen molar-refractivity contribution in [1.29, 1.82) is 0 Å². The van der Waals surface area contributed by atoms with E-state index in [9.17, 15) is 16.8 Å². The summed E-state index contributed by atoms with van der Waals surface area (Å²) in [7, 11) is -6.54. The van der Waals surface area contributed by atoms with E-state index >= 15 is 0 Å². The third-order valence-corrected chi connectivity index (χ3v) is 9.30. The molecule has 0 bridgehead atoms. The van der Waals surface area contributed by atoms with Crippen LogP contribution in [0.15, 0.2) is 29.4 Å². The molecule has 0 aliphatic carbocycles. The second-order valence-electron chi connectivity index (χ2n) is 7.60. The lowest BCUT2D eigenvalue weighted by Gasteiger charge is -2.35. The first-order chi connectivity index (χ1) is 13.7. The minimum Gasteiger partial charge on any atom is -0.366 e. The molecule has 2 aliphatic heterocycles. The number of sulfone groups is 1. The van der Waals surface area contributed by atoms with Crippen molar-refractivity contribution in [3.8, 4) is 0 Å². The molecular formula is C18H25N5O4S2. The molecule has 2 aromatic heterocycles. The van der Waals surface area contributed by atoms with E-state index in [0.29, 0.717) is 32.6 Å². The summed E-state index contributed by atoms with van der Waals surface area (Å²) in [6, 6.07) is 3.05. The molecule has 0 saturated carbocycles. The molecule has 29 heavy (non-hydrogen) atoms. The Kier molecular flexibility index (Phi) is 5.16. The van der Waals surface area contributed by atoms with Crippen molar-refractivity contribution in [2.45, 2.75) is 31.2 Å². The van der Waals surface area contributed by atoms with Crippen LogP contribution in [0.4, 0.5) is 5.69 Å². The number of aryl methyl sites for hydroxylation is 1. The lowest BCUT2D eigenvalue weighted by Crippen LogP contribution is -2.49. The van der Waals surface area contributed by atoms with Crippen LogP contribution in [0.3, 0.4) is 0 Å². The minimum atomic E-state index is -3.55. The van der Waals surface area contributed by atoms with Crippen LogP contribution in [0.2, 0.25) is 0 Å². The third kappa shape index (κ3) is 3.78. The topological polar surface area (TPSA) is 105 Å². The molecule has 158 valence electrons. The minimum absolute atomic E-state index is 0.125. The van der Waals surface area contributed by atoms with Gasteiger partial charge in [0.25, 0.3) is 0 Å². The predicted molar refractivity (Wildman–Crippen MR) is 109 cm³/mol. The fraction of sp³-hybridized carbons (Fsp3) is 0.556. The lowest BCUT2D eigenvalue weighted by atomic mass is 10.2. The van der Waals surface area contributed by atoms with Gasteiger partial charge in [0.1, 0.15) is 4.90 Å². The number of hydrogen-bond donors (Lipinski definition) is 0. The Balaban J connectivity index is 1.51. The average Bonchev–Trinajstić information content (AvgIpc) is 3.20. The molecule has 0 spiro atoms. The van der Waals surface area contributed by atoms with Crippen molar-refractivity contribution in [2.75, 3.05) is 42.6 Å². The van der Waals surface area contributed by atoms with Gasteiger partial charge in [0.15, 0.2) is 9.84 Å². The summed E-state index contributed by atoms with van der Waals surface area (Å²) < 4.78 is 52.6. The molecule has 2 aliphatic rings. The first-order valence-electron chi connectivity index (χ1n) is 9.60. The molecule has 2 fully saturated rings. The van der Waals surface area contributed by atoms with Crippen LogP contribution in [0.25, 0.3) is 0 Å². The average molecular weight is 440 g/mol. The zero-order valence-electron chi connectivity index (χ0n) is 16.5. The summed E-state index contributed by atoms with van der Waals surface area (Å²) in [4.78, 5) is 6.26. The van der Waals surface area contributed by atoms with Gasteiger partial charge in [-0.15, -0.1) is 0 Å². The van der Waals surface area contributed by atoms with Crippen molar-refractivity contribution in [1.82, 2.24) is 19.1 Å². The van der Waals surface area contributed by atoms with E-state index < -0.39 is 19.9 Å². The lowest BCUT2D eigenvalue weighted by molar-refractivity contribution is 0.384. The van der Waals surface area contributed by atoms with Gasteiger partial charge >= 0.3 is 0 Å². The molecule has 4 heterocycles. The quantitative estimate of drug-likeness (QED) is 0.693. The van der Waals surface area contributed by atoms with Gasteiger partial charge in [0.2, 0.25) is 10.0 Å². The summed E-state index contributed by atoms with van der Waals surface area (Å²) in [5.41, 5.74) is 2.76. The van der Waals surface area contributed by atoms with Crippen LogP contribution in [0, 0.1) is 13.8 Å². The van der Waals surface area contributed by atoms with E-state index in [2.05, 4.69) is 15.0 Å². The highest BCUT2D eigenvalue weighted by Gasteiger charge is 2.34. The van der Waals surface area contributed by atoms with Gasteiger partial charge in [-0.05, 0) is 32.4 Å². The zero-order chi connectivity index (χ0) is 20.8. The number of anilines is 1. The second-order valence-corrected chi connectivity index (χ2v) is 11.8. The zero-order valence-corrected chi connectivity index (χ0v) is 18.2. The van der Waals surface area contributed by atoms with Crippen LogP contribution < -0.4 is 4.90 Å². The van der Waals surface area contributed by atoms with Gasteiger partial charge in [-0.1, -0.05) is 0 Å². The number of piperazine rings is 1. The van der Waals surface area contributed by atoms with E-state index in [1.807, 2.05) is 18.5 Å². The number of rotatable bonds is 4. The van der Waals surface area contributed by atoms with Gasteiger partial charge in [0, 0.05) is 38.6 Å². The summed E-state index contributed by atoms with van der Waals surface area (Å²) in [6.45, 7) is 5.73. The van der Waals surface area contributed by atoms with Crippen LogP contribution >= 0.6 is 0 Å². The predicted octanol–water partition coefficient (Wildman–Crippen LogP) is 0.765. The summed E-state index contributed by atoms with van der Waals surface area (Å²) in [6.07, 6.45) is 3.51. The normalized spacial score (nSPS) is 22.8. The van der Waals surface area contributed by atoms with Gasteiger partial charge in [-0.25, -0.2) is 16.8 Å². The molecular weight excluding hydrogens is 414 g/mol. The van der Waals surface area contributed by atoms with Crippen molar-refractivity contribution in [3.63, 3.8) is 0 Å². The number of sulfonamides is 1. The third-order valence-electron chi connectivity index (χ3n) is 5.67. The van der Waals surface area contributed by atoms with Crippen LogP contribution in [-0.2, 0) is 19.9 Å². The maximum atomic E-state index is 12.8. The molecule has 0 N–H and O–H groups in total. The molecule has 1 unspecified atom stereocenters. The highest BCUT2D eigenvalue weighted by Crippen LogP contribution is 2.32. The van der Waals surface area contributed by atoms with E-state index in [4.69, 9.17) is 0 Å². The van der Waals surface area contributed by atoms with Crippen molar-refractivity contribution >= 4 is 25.5 Å². The fourth-order valence-corrected chi connectivity index (χ4v) is 7.32. The summed E-state index contributed by atoms with van der Waals surface area (Å²) >= 11 is 0. The van der Waals surface area contributed by atoms with Crippen molar-refractivity contribution in [2.24, 2.45) is 0 Å². The molecule has 0 radical (unpaired) electrons. The SMILES string of the molecule is Cc1nn(C2CCS(=O)(=O)C2)c(C)c1N1CCN(S(=O)(=O)c2cccnc2)CC1.